The summed E-state index contributed by atoms with van der Waals surface area (Å²) in [7, 11) is 3.95. The summed E-state index contributed by atoms with van der Waals surface area (Å²) in [5.41, 5.74) is 3.60. The summed E-state index contributed by atoms with van der Waals surface area (Å²) in [6.07, 6.45) is 1.18. The summed E-state index contributed by atoms with van der Waals surface area (Å²) in [5.74, 6) is -0.161. The lowest BCUT2D eigenvalue weighted by Crippen LogP contribution is -2.44. The van der Waals surface area contributed by atoms with Gasteiger partial charge in [0.25, 0.3) is 5.91 Å². The number of urea groups is 1. The van der Waals surface area contributed by atoms with E-state index in [1.807, 2.05) is 49.3 Å². The molecule has 2 aromatic carbocycles. The molecule has 2 atom stereocenters. The van der Waals surface area contributed by atoms with Crippen LogP contribution >= 0.6 is 0 Å². The molecule has 4 rings (SSSR count). The highest BCUT2D eigenvalue weighted by atomic mass is 16.2. The Labute approximate surface area is 228 Å². The summed E-state index contributed by atoms with van der Waals surface area (Å²) in [4.78, 5) is 41.9. The summed E-state index contributed by atoms with van der Waals surface area (Å²) >= 11 is 0. The Kier molecular flexibility index (Phi) is 8.46. The highest BCUT2D eigenvalue weighted by Gasteiger charge is 2.40. The van der Waals surface area contributed by atoms with Gasteiger partial charge in [0.1, 0.15) is 0 Å². The lowest BCUT2D eigenvalue weighted by molar-refractivity contribution is -0.111. The number of nitrogens with zero attached hydrogens (tertiary/aromatic N) is 3. The molecule has 1 unspecified atom stereocenters. The minimum atomic E-state index is -0.343. The number of benzene rings is 2. The quantitative estimate of drug-likeness (QED) is 0.308. The van der Waals surface area contributed by atoms with E-state index >= 15 is 0 Å². The van der Waals surface area contributed by atoms with Gasteiger partial charge in [-0.2, -0.15) is 5.10 Å². The van der Waals surface area contributed by atoms with Gasteiger partial charge >= 0.3 is 6.03 Å². The van der Waals surface area contributed by atoms with Crippen LogP contribution in [0.1, 0.15) is 53.1 Å². The first kappa shape index (κ1) is 27.6. The monoisotopic (exact) mass is 529 g/mol. The fourth-order valence-electron chi connectivity index (χ4n) is 4.80. The normalized spacial score (nSPS) is 15.1. The third-order valence-corrected chi connectivity index (χ3v) is 6.63. The number of nitrogens with one attached hydrogen (secondary N) is 4. The molecule has 0 radical (unpaired) electrons. The van der Waals surface area contributed by atoms with Gasteiger partial charge in [0, 0.05) is 23.4 Å². The smallest absolute Gasteiger partial charge is 0.318 e. The lowest BCUT2D eigenvalue weighted by Gasteiger charge is -2.31. The van der Waals surface area contributed by atoms with E-state index in [0.29, 0.717) is 30.2 Å². The number of H-pyrrole nitrogens is 1. The van der Waals surface area contributed by atoms with Gasteiger partial charge in [-0.3, -0.25) is 14.7 Å². The van der Waals surface area contributed by atoms with Crippen LogP contribution in [-0.2, 0) is 11.3 Å². The van der Waals surface area contributed by atoms with Gasteiger partial charge in [0.15, 0.2) is 5.82 Å². The molecule has 10 nitrogen and oxygen atoms in total. The molecule has 10 heteroatoms. The average Bonchev–Trinajstić information content (AvgIpc) is 3.48. The second-order valence-electron chi connectivity index (χ2n) is 10.2. The first-order chi connectivity index (χ1) is 18.7. The SMILES string of the molecule is C=CC(=O)Nc1ccc(C(=O)Nc2n[nH]c3c2CN(C(=O)N[C@H](CN(C)C)c2ccccc2)C3C(C)C)cc1. The number of likely N-dealkylation sites (N-methyl/N-ethyl adjacent to an activating group) is 1. The lowest BCUT2D eigenvalue weighted by atomic mass is 10.0. The van der Waals surface area contributed by atoms with E-state index in [-0.39, 0.29) is 35.8 Å². The third kappa shape index (κ3) is 6.35. The number of carbonyl (C=O) groups is 3. The number of hydrogen-bond acceptors (Lipinski definition) is 5. The summed E-state index contributed by atoms with van der Waals surface area (Å²) in [5, 5.41) is 16.2. The predicted molar refractivity (Wildman–Crippen MR) is 151 cm³/mol. The second kappa shape index (κ2) is 12.0. The fourth-order valence-corrected chi connectivity index (χ4v) is 4.80. The first-order valence-corrected chi connectivity index (χ1v) is 12.9. The van der Waals surface area contributed by atoms with Gasteiger partial charge in [-0.1, -0.05) is 50.8 Å². The molecule has 4 amide bonds. The topological polar surface area (TPSA) is 122 Å². The Morgan fingerprint density at radius 1 is 1.10 bits per heavy atom. The molecular weight excluding hydrogens is 494 g/mol. The molecule has 0 saturated carbocycles. The van der Waals surface area contributed by atoms with Crippen molar-refractivity contribution in [2.75, 3.05) is 31.3 Å². The van der Waals surface area contributed by atoms with Crippen molar-refractivity contribution in [2.24, 2.45) is 5.92 Å². The number of anilines is 2. The summed E-state index contributed by atoms with van der Waals surface area (Å²) < 4.78 is 0. The molecule has 2 heterocycles. The van der Waals surface area contributed by atoms with E-state index in [1.165, 1.54) is 6.08 Å². The Bertz CT molecular complexity index is 1330. The van der Waals surface area contributed by atoms with Crippen molar-refractivity contribution in [1.82, 2.24) is 25.3 Å². The van der Waals surface area contributed by atoms with Crippen LogP contribution in [0.3, 0.4) is 0 Å². The molecule has 0 fully saturated rings. The van der Waals surface area contributed by atoms with E-state index < -0.39 is 0 Å². The molecule has 0 saturated heterocycles. The van der Waals surface area contributed by atoms with Gasteiger partial charge in [0.2, 0.25) is 5.91 Å². The maximum absolute atomic E-state index is 13.6. The molecule has 0 bridgehead atoms. The molecule has 0 spiro atoms. The van der Waals surface area contributed by atoms with Crippen LogP contribution in [0, 0.1) is 5.92 Å². The molecule has 3 aromatic rings. The van der Waals surface area contributed by atoms with E-state index in [2.05, 4.69) is 46.6 Å². The van der Waals surface area contributed by atoms with Crippen molar-refractivity contribution >= 4 is 29.4 Å². The number of hydrogen-bond donors (Lipinski definition) is 4. The van der Waals surface area contributed by atoms with Crippen molar-refractivity contribution in [2.45, 2.75) is 32.5 Å². The van der Waals surface area contributed by atoms with E-state index in [9.17, 15) is 14.4 Å². The second-order valence-corrected chi connectivity index (χ2v) is 10.2. The van der Waals surface area contributed by atoms with Crippen LogP contribution in [0.25, 0.3) is 0 Å². The van der Waals surface area contributed by atoms with Crippen LogP contribution in [0.2, 0.25) is 0 Å². The standard InChI is InChI=1S/C29H35N7O3/c1-6-24(37)30-21-14-12-20(13-15-21)28(38)32-27-22-16-36(26(18(2)3)25(22)33-34-27)29(39)31-23(17-35(4)5)19-10-8-7-9-11-19/h6-15,18,23,26H,1,16-17H2,2-5H3,(H,30,37)(H,31,39)(H2,32,33,34,38)/t23-,26?/m1/s1. The first-order valence-electron chi connectivity index (χ1n) is 12.9. The highest BCUT2D eigenvalue weighted by molar-refractivity contribution is 6.05. The summed E-state index contributed by atoms with van der Waals surface area (Å²) in [6, 6.07) is 15.8. The van der Waals surface area contributed by atoms with Crippen LogP contribution in [0.5, 0.6) is 0 Å². The number of rotatable bonds is 9. The van der Waals surface area contributed by atoms with Crippen molar-refractivity contribution in [3.05, 3.63) is 89.6 Å². The molecule has 204 valence electrons. The number of aromatic nitrogens is 2. The zero-order valence-electron chi connectivity index (χ0n) is 22.7. The van der Waals surface area contributed by atoms with Gasteiger partial charge < -0.3 is 25.8 Å². The average molecular weight is 530 g/mol. The Hall–Kier alpha value is -4.44. The van der Waals surface area contributed by atoms with Crippen LogP contribution in [-0.4, -0.2) is 58.5 Å². The minimum Gasteiger partial charge on any atom is -0.330 e. The largest absolute Gasteiger partial charge is 0.330 e. The van der Waals surface area contributed by atoms with Crippen molar-refractivity contribution < 1.29 is 14.4 Å². The Morgan fingerprint density at radius 3 is 2.41 bits per heavy atom. The molecule has 1 aliphatic rings. The summed E-state index contributed by atoms with van der Waals surface area (Å²) in [6.45, 7) is 8.50. The maximum atomic E-state index is 13.6. The van der Waals surface area contributed by atoms with Crippen molar-refractivity contribution in [3.8, 4) is 0 Å². The minimum absolute atomic E-state index is 0.114. The number of aromatic amines is 1. The fraction of sp³-hybridized carbons (Fsp3) is 0.310. The van der Waals surface area contributed by atoms with Crippen LogP contribution < -0.4 is 16.0 Å². The molecule has 1 aliphatic heterocycles. The van der Waals surface area contributed by atoms with E-state index in [4.69, 9.17) is 0 Å². The Morgan fingerprint density at radius 2 is 1.79 bits per heavy atom. The highest BCUT2D eigenvalue weighted by Crippen LogP contribution is 2.40. The number of amides is 4. The molecule has 4 N–H and O–H groups in total. The zero-order valence-corrected chi connectivity index (χ0v) is 22.7. The van der Waals surface area contributed by atoms with Gasteiger partial charge in [-0.25, -0.2) is 4.79 Å². The molecular formula is C29H35N7O3. The predicted octanol–water partition coefficient (Wildman–Crippen LogP) is 4.31. The van der Waals surface area contributed by atoms with Gasteiger partial charge in [-0.15, -0.1) is 0 Å². The third-order valence-electron chi connectivity index (χ3n) is 6.63. The molecule has 39 heavy (non-hydrogen) atoms. The van der Waals surface area contributed by atoms with Gasteiger partial charge in [0.05, 0.1) is 24.3 Å². The maximum Gasteiger partial charge on any atom is 0.318 e. The van der Waals surface area contributed by atoms with Crippen molar-refractivity contribution in [1.29, 1.82) is 0 Å². The van der Waals surface area contributed by atoms with Crippen LogP contribution in [0.4, 0.5) is 16.3 Å². The Balaban J connectivity index is 1.50. The van der Waals surface area contributed by atoms with Crippen LogP contribution in [0.15, 0.2) is 67.3 Å². The molecule has 1 aromatic heterocycles. The number of fused-ring (bicyclic) bond motifs is 1. The van der Waals surface area contributed by atoms with Crippen molar-refractivity contribution in [3.63, 3.8) is 0 Å². The molecule has 0 aliphatic carbocycles. The van der Waals surface area contributed by atoms with E-state index in [1.54, 1.807) is 29.2 Å². The van der Waals surface area contributed by atoms with Gasteiger partial charge in [-0.05, 0) is 55.9 Å². The van der Waals surface area contributed by atoms with E-state index in [0.717, 1.165) is 16.8 Å². The number of carbonyl (C=O) groups excluding carboxylic acids is 3. The zero-order chi connectivity index (χ0) is 28.1.